The van der Waals surface area contributed by atoms with Crippen LogP contribution in [0.25, 0.3) is 16.6 Å². The zero-order valence-electron chi connectivity index (χ0n) is 12.5. The van der Waals surface area contributed by atoms with Crippen molar-refractivity contribution >= 4 is 10.9 Å². The Kier molecular flexibility index (Phi) is 3.61. The van der Waals surface area contributed by atoms with Crippen molar-refractivity contribution in [3.63, 3.8) is 0 Å². The van der Waals surface area contributed by atoms with Crippen LogP contribution in [0.1, 0.15) is 0 Å². The van der Waals surface area contributed by atoms with E-state index in [0.29, 0.717) is 17.0 Å². The number of methoxy groups -OCH3 is 2. The fraction of sp³-hybridized carbons (Fsp3) is 0.125. The second kappa shape index (κ2) is 5.60. The van der Waals surface area contributed by atoms with Crippen molar-refractivity contribution in [3.05, 3.63) is 52.6 Å². The smallest absolute Gasteiger partial charge is 0.460 e. The van der Waals surface area contributed by atoms with Gasteiger partial charge in [-0.1, -0.05) is 12.1 Å². The van der Waals surface area contributed by atoms with Gasteiger partial charge in [0.1, 0.15) is 10.9 Å². The lowest BCUT2D eigenvalue weighted by molar-refractivity contribution is -0.370. The summed E-state index contributed by atoms with van der Waals surface area (Å²) in [5, 5.41) is 10.4. The van der Waals surface area contributed by atoms with Crippen LogP contribution in [-0.4, -0.2) is 23.9 Å². The monoisotopic (exact) mass is 317 g/mol. The molecule has 1 heterocycles. The van der Waals surface area contributed by atoms with Gasteiger partial charge in [0.2, 0.25) is 0 Å². The van der Waals surface area contributed by atoms with Gasteiger partial charge in [-0.3, -0.25) is 0 Å². The molecule has 2 N–H and O–H groups in total. The first-order valence-electron chi connectivity index (χ1n) is 6.74. The Labute approximate surface area is 130 Å². The maximum atomic E-state index is 14.0. The molecule has 0 aliphatic rings. The maximum Gasteiger partial charge on any atom is 0.460 e. The van der Waals surface area contributed by atoms with E-state index in [2.05, 4.69) is 4.98 Å². The Morgan fingerprint density at radius 1 is 1.13 bits per heavy atom. The summed E-state index contributed by atoms with van der Waals surface area (Å²) in [5.74, 6) is 0.132. The summed E-state index contributed by atoms with van der Waals surface area (Å²) < 4.78 is 25.2. The van der Waals surface area contributed by atoms with Crippen molar-refractivity contribution in [3.8, 4) is 23.2 Å². The van der Waals surface area contributed by atoms with E-state index < -0.39 is 17.4 Å². The highest BCUT2D eigenvalue weighted by molar-refractivity contribution is 5.79. The third kappa shape index (κ3) is 2.36. The van der Waals surface area contributed by atoms with Crippen molar-refractivity contribution in [1.82, 2.24) is 4.57 Å². The van der Waals surface area contributed by atoms with E-state index in [-0.39, 0.29) is 11.1 Å². The van der Waals surface area contributed by atoms with Gasteiger partial charge in [0, 0.05) is 12.1 Å². The molecule has 0 fully saturated rings. The number of para-hydroxylation sites is 1. The molecule has 6 nitrogen and oxygen atoms in total. The Hall–Kier alpha value is -3.09. The Morgan fingerprint density at radius 3 is 2.43 bits per heavy atom. The minimum Gasteiger partial charge on any atom is -0.493 e. The van der Waals surface area contributed by atoms with E-state index in [9.17, 15) is 14.3 Å². The zero-order chi connectivity index (χ0) is 16.6. The molecule has 0 amide bonds. The van der Waals surface area contributed by atoms with Crippen LogP contribution in [0, 0.1) is 5.82 Å². The van der Waals surface area contributed by atoms with E-state index in [4.69, 9.17) is 9.47 Å². The number of hydrogen-bond donors (Lipinski definition) is 1. The van der Waals surface area contributed by atoms with E-state index in [1.54, 1.807) is 6.07 Å². The van der Waals surface area contributed by atoms with Crippen LogP contribution in [-0.2, 0) is 0 Å². The fourth-order valence-corrected chi connectivity index (χ4v) is 2.41. The molecule has 0 saturated heterocycles. The van der Waals surface area contributed by atoms with Crippen LogP contribution in [0.3, 0.4) is 0 Å². The number of benzene rings is 2. The molecule has 2 aromatic carbocycles. The minimum absolute atomic E-state index is 0.0528. The molecule has 0 unspecified atom stereocenters. The van der Waals surface area contributed by atoms with Crippen molar-refractivity contribution in [2.45, 2.75) is 0 Å². The zero-order valence-corrected chi connectivity index (χ0v) is 12.5. The van der Waals surface area contributed by atoms with E-state index in [1.165, 1.54) is 44.6 Å². The topological polar surface area (TPSA) is 74.8 Å². The molecule has 0 atom stereocenters. The second-order valence-corrected chi connectivity index (χ2v) is 4.79. The summed E-state index contributed by atoms with van der Waals surface area (Å²) in [6.45, 7) is 0. The number of ether oxygens (including phenoxy) is 2. The normalized spacial score (nSPS) is 10.7. The SMILES string of the molecule is COc1cc2[nH+]c(O)n(-c3ccccc3F)c(=O)c2cc1OC. The summed E-state index contributed by atoms with van der Waals surface area (Å²) in [5.41, 5.74) is -0.289. The summed E-state index contributed by atoms with van der Waals surface area (Å²) in [4.78, 5) is 15.4. The Balaban J connectivity index is 2.38. The lowest BCUT2D eigenvalue weighted by Gasteiger charge is -2.08. The van der Waals surface area contributed by atoms with Crippen LogP contribution >= 0.6 is 0 Å². The highest BCUT2D eigenvalue weighted by atomic mass is 19.1. The van der Waals surface area contributed by atoms with Crippen LogP contribution in [0.4, 0.5) is 4.39 Å². The molecule has 0 saturated carbocycles. The molecule has 23 heavy (non-hydrogen) atoms. The van der Waals surface area contributed by atoms with Crippen LogP contribution in [0.5, 0.6) is 17.5 Å². The second-order valence-electron chi connectivity index (χ2n) is 4.79. The first-order valence-corrected chi connectivity index (χ1v) is 6.74. The number of nitrogens with zero attached hydrogens (tertiary/aromatic N) is 1. The molecule has 118 valence electrons. The summed E-state index contributed by atoms with van der Waals surface area (Å²) in [6.07, 6.45) is 0. The molecule has 7 heteroatoms. The van der Waals surface area contributed by atoms with E-state index >= 15 is 0 Å². The van der Waals surface area contributed by atoms with Gasteiger partial charge in [-0.2, -0.15) is 0 Å². The van der Waals surface area contributed by atoms with Crippen LogP contribution < -0.4 is 20.0 Å². The van der Waals surface area contributed by atoms with E-state index in [1.807, 2.05) is 0 Å². The lowest BCUT2D eigenvalue weighted by Crippen LogP contribution is -2.26. The predicted molar refractivity (Wildman–Crippen MR) is 80.8 cm³/mol. The number of H-pyrrole nitrogens is 1. The van der Waals surface area contributed by atoms with Crippen LogP contribution in [0.15, 0.2) is 41.2 Å². The maximum absolute atomic E-state index is 14.0. The van der Waals surface area contributed by atoms with Gasteiger partial charge in [-0.25, -0.2) is 14.2 Å². The van der Waals surface area contributed by atoms with Gasteiger partial charge >= 0.3 is 11.6 Å². The number of aromatic hydroxyl groups is 1. The first kappa shape index (κ1) is 14.8. The van der Waals surface area contributed by atoms with Crippen molar-refractivity contribution in [2.24, 2.45) is 0 Å². The van der Waals surface area contributed by atoms with E-state index in [0.717, 1.165) is 4.57 Å². The number of rotatable bonds is 3. The van der Waals surface area contributed by atoms with Crippen molar-refractivity contribution < 1.29 is 24.0 Å². The minimum atomic E-state index is -0.627. The van der Waals surface area contributed by atoms with Crippen molar-refractivity contribution in [1.29, 1.82) is 0 Å². The molecule has 0 aliphatic carbocycles. The lowest BCUT2D eigenvalue weighted by atomic mass is 10.2. The molecular formula is C16H14FN2O4+. The third-order valence-electron chi connectivity index (χ3n) is 3.51. The predicted octanol–water partition coefficient (Wildman–Crippen LogP) is 1.67. The number of nitrogens with one attached hydrogen (secondary N) is 1. The summed E-state index contributed by atoms with van der Waals surface area (Å²) in [7, 11) is 2.91. The van der Waals surface area contributed by atoms with Gasteiger partial charge in [-0.15, -0.1) is 4.57 Å². The number of fused-ring (bicyclic) bond motifs is 1. The number of aromatic amines is 1. The largest absolute Gasteiger partial charge is 0.493 e. The van der Waals surface area contributed by atoms with Gasteiger partial charge in [0.25, 0.3) is 0 Å². The Bertz CT molecular complexity index is 953. The third-order valence-corrected chi connectivity index (χ3v) is 3.51. The quantitative estimate of drug-likeness (QED) is 0.797. The molecular weight excluding hydrogens is 303 g/mol. The Morgan fingerprint density at radius 2 is 1.78 bits per heavy atom. The molecule has 0 spiro atoms. The molecule has 0 radical (unpaired) electrons. The molecule has 0 bridgehead atoms. The van der Waals surface area contributed by atoms with Crippen LogP contribution in [0.2, 0.25) is 0 Å². The summed E-state index contributed by atoms with van der Waals surface area (Å²) in [6, 6.07) is 8.20. The first-order chi connectivity index (χ1) is 11.1. The van der Waals surface area contributed by atoms with Gasteiger partial charge in [0.05, 0.1) is 14.2 Å². The van der Waals surface area contributed by atoms with Gasteiger partial charge < -0.3 is 14.6 Å². The molecule has 0 aliphatic heterocycles. The molecule has 3 rings (SSSR count). The standard InChI is InChI=1S/C16H13FN2O4/c1-22-13-7-9-11(8-14(13)23-2)18-16(21)19(15(9)20)12-6-4-3-5-10(12)17/h3-8H,1-2H3,(H,18,21)/p+1. The van der Waals surface area contributed by atoms with Gasteiger partial charge in [0.15, 0.2) is 23.0 Å². The fourth-order valence-electron chi connectivity index (χ4n) is 2.41. The summed E-state index contributed by atoms with van der Waals surface area (Å²) >= 11 is 0. The number of halogens is 1. The van der Waals surface area contributed by atoms with Crippen molar-refractivity contribution in [2.75, 3.05) is 14.2 Å². The average Bonchev–Trinajstić information content (AvgIpc) is 2.55. The molecule has 1 aromatic heterocycles. The van der Waals surface area contributed by atoms with Gasteiger partial charge in [-0.05, 0) is 12.1 Å². The highest BCUT2D eigenvalue weighted by Gasteiger charge is 2.23. The molecule has 3 aromatic rings. The number of aromatic nitrogens is 2. The number of hydrogen-bond acceptors (Lipinski definition) is 4. The average molecular weight is 317 g/mol. The highest BCUT2D eigenvalue weighted by Crippen LogP contribution is 2.30.